The summed E-state index contributed by atoms with van der Waals surface area (Å²) in [4.78, 5) is 22.7. The van der Waals surface area contributed by atoms with E-state index in [0.717, 1.165) is 0 Å². The van der Waals surface area contributed by atoms with Crippen LogP contribution in [-0.2, 0) is 20.8 Å². The first-order valence-corrected chi connectivity index (χ1v) is 5.78. The maximum atomic E-state index is 11.5. The highest BCUT2D eigenvalue weighted by Gasteiger charge is 2.16. The lowest BCUT2D eigenvalue weighted by Gasteiger charge is -2.19. The summed E-state index contributed by atoms with van der Waals surface area (Å²) in [6, 6.07) is 1.65. The Morgan fingerprint density at radius 2 is 2.00 bits per heavy atom. The van der Waals surface area contributed by atoms with E-state index in [1.165, 1.54) is 7.11 Å². The fourth-order valence-corrected chi connectivity index (χ4v) is 1.43. The second-order valence-corrected chi connectivity index (χ2v) is 4.97. The number of aryl methyl sites for hydroxylation is 1. The van der Waals surface area contributed by atoms with Gasteiger partial charge in [0.05, 0.1) is 19.1 Å². The number of hydrogen-bond acceptors (Lipinski definition) is 4. The fraction of sp³-hybridized carbons (Fsp3) is 0.538. The van der Waals surface area contributed by atoms with Gasteiger partial charge < -0.3 is 14.0 Å². The molecule has 1 aromatic rings. The first kappa shape index (κ1) is 14.3. The van der Waals surface area contributed by atoms with Crippen molar-refractivity contribution in [1.82, 2.24) is 4.57 Å². The lowest BCUT2D eigenvalue weighted by Crippen LogP contribution is -2.24. The number of aromatic nitrogens is 1. The minimum Gasteiger partial charge on any atom is -0.465 e. The Balaban J connectivity index is 2.47. The third kappa shape index (κ3) is 4.61. The topological polar surface area (TPSA) is 57.5 Å². The Morgan fingerprint density at radius 3 is 2.56 bits per heavy atom. The van der Waals surface area contributed by atoms with Crippen molar-refractivity contribution in [1.29, 1.82) is 0 Å². The van der Waals surface area contributed by atoms with Crippen LogP contribution in [0, 0.1) is 0 Å². The summed E-state index contributed by atoms with van der Waals surface area (Å²) in [5.74, 6) is -0.637. The standard InChI is InChI=1S/C13H19NO4/c1-13(2,3)18-11(15)6-8-14-7-5-10(9-14)12(16)17-4/h5,7,9H,6,8H2,1-4H3. The molecule has 0 aromatic carbocycles. The molecule has 0 aliphatic heterocycles. The molecule has 0 spiro atoms. The number of carbonyl (C=O) groups is 2. The van der Waals surface area contributed by atoms with Crippen molar-refractivity contribution in [2.24, 2.45) is 0 Å². The largest absolute Gasteiger partial charge is 0.465 e. The molecule has 0 atom stereocenters. The molecule has 1 aromatic heterocycles. The molecule has 0 fully saturated rings. The Labute approximate surface area is 107 Å². The van der Waals surface area contributed by atoms with E-state index in [0.29, 0.717) is 12.1 Å². The van der Waals surface area contributed by atoms with Gasteiger partial charge in [-0.25, -0.2) is 4.79 Å². The van der Waals surface area contributed by atoms with Crippen LogP contribution in [-0.4, -0.2) is 29.2 Å². The van der Waals surface area contributed by atoms with E-state index in [9.17, 15) is 9.59 Å². The molecule has 1 heterocycles. The van der Waals surface area contributed by atoms with Gasteiger partial charge in [0.25, 0.3) is 0 Å². The van der Waals surface area contributed by atoms with Crippen molar-refractivity contribution in [3.05, 3.63) is 24.0 Å². The van der Waals surface area contributed by atoms with Gasteiger partial charge in [0.15, 0.2) is 0 Å². The van der Waals surface area contributed by atoms with Crippen LogP contribution in [0.2, 0.25) is 0 Å². The summed E-state index contributed by atoms with van der Waals surface area (Å²) < 4.78 is 11.5. The highest BCUT2D eigenvalue weighted by Crippen LogP contribution is 2.09. The van der Waals surface area contributed by atoms with Crippen molar-refractivity contribution < 1.29 is 19.1 Å². The van der Waals surface area contributed by atoms with Gasteiger partial charge in [0.2, 0.25) is 0 Å². The van der Waals surface area contributed by atoms with Crippen LogP contribution < -0.4 is 0 Å². The maximum absolute atomic E-state index is 11.5. The maximum Gasteiger partial charge on any atom is 0.339 e. The fourth-order valence-electron chi connectivity index (χ4n) is 1.43. The minimum absolute atomic E-state index is 0.254. The molecule has 0 radical (unpaired) electrons. The smallest absolute Gasteiger partial charge is 0.339 e. The van der Waals surface area contributed by atoms with Gasteiger partial charge in [-0.2, -0.15) is 0 Å². The number of rotatable bonds is 4. The van der Waals surface area contributed by atoms with Crippen molar-refractivity contribution in [2.75, 3.05) is 7.11 Å². The first-order chi connectivity index (χ1) is 8.31. The summed E-state index contributed by atoms with van der Waals surface area (Å²) in [7, 11) is 1.33. The van der Waals surface area contributed by atoms with E-state index in [1.807, 2.05) is 20.8 Å². The first-order valence-electron chi connectivity index (χ1n) is 5.78. The van der Waals surface area contributed by atoms with Gasteiger partial charge in [-0.3, -0.25) is 4.79 Å². The molecule has 0 N–H and O–H groups in total. The summed E-state index contributed by atoms with van der Waals surface area (Å²) >= 11 is 0. The van der Waals surface area contributed by atoms with Crippen molar-refractivity contribution >= 4 is 11.9 Å². The van der Waals surface area contributed by atoms with Gasteiger partial charge >= 0.3 is 11.9 Å². The molecule has 0 aliphatic rings. The Morgan fingerprint density at radius 1 is 1.33 bits per heavy atom. The summed E-state index contributed by atoms with van der Waals surface area (Å²) in [6.45, 7) is 5.97. The second kappa shape index (κ2) is 5.71. The molecule has 0 amide bonds. The number of esters is 2. The molecule has 18 heavy (non-hydrogen) atoms. The van der Waals surface area contributed by atoms with E-state index in [4.69, 9.17) is 4.74 Å². The molecule has 5 nitrogen and oxygen atoms in total. The van der Waals surface area contributed by atoms with Crippen LogP contribution in [0.15, 0.2) is 18.5 Å². The Kier molecular flexibility index (Phi) is 4.53. The quantitative estimate of drug-likeness (QED) is 0.770. The molecule has 0 saturated heterocycles. The molecular formula is C13H19NO4. The third-order valence-corrected chi connectivity index (χ3v) is 2.17. The number of nitrogens with zero attached hydrogens (tertiary/aromatic N) is 1. The van der Waals surface area contributed by atoms with E-state index in [-0.39, 0.29) is 18.4 Å². The lowest BCUT2D eigenvalue weighted by atomic mass is 10.2. The zero-order valence-corrected chi connectivity index (χ0v) is 11.2. The SMILES string of the molecule is COC(=O)c1ccn(CCC(=O)OC(C)(C)C)c1. The Hall–Kier alpha value is -1.78. The predicted molar refractivity (Wildman–Crippen MR) is 66.2 cm³/mol. The van der Waals surface area contributed by atoms with Crippen LogP contribution in [0.5, 0.6) is 0 Å². The van der Waals surface area contributed by atoms with Crippen LogP contribution in [0.3, 0.4) is 0 Å². The zero-order chi connectivity index (χ0) is 13.8. The van der Waals surface area contributed by atoms with Gasteiger partial charge in [-0.15, -0.1) is 0 Å². The summed E-state index contributed by atoms with van der Waals surface area (Å²) in [5.41, 5.74) is 0.00647. The van der Waals surface area contributed by atoms with Crippen LogP contribution in [0.1, 0.15) is 37.6 Å². The predicted octanol–water partition coefficient (Wildman–Crippen LogP) is 2.01. The van der Waals surface area contributed by atoms with E-state index >= 15 is 0 Å². The molecule has 0 bridgehead atoms. The monoisotopic (exact) mass is 253 g/mol. The van der Waals surface area contributed by atoms with Crippen molar-refractivity contribution in [3.8, 4) is 0 Å². The highest BCUT2D eigenvalue weighted by atomic mass is 16.6. The van der Waals surface area contributed by atoms with Gasteiger partial charge in [-0.1, -0.05) is 0 Å². The van der Waals surface area contributed by atoms with Crippen LogP contribution in [0.4, 0.5) is 0 Å². The van der Waals surface area contributed by atoms with E-state index < -0.39 is 5.60 Å². The lowest BCUT2D eigenvalue weighted by molar-refractivity contribution is -0.155. The van der Waals surface area contributed by atoms with Gasteiger partial charge in [0.1, 0.15) is 5.60 Å². The molecule has 0 aliphatic carbocycles. The minimum atomic E-state index is -0.467. The third-order valence-electron chi connectivity index (χ3n) is 2.17. The number of ether oxygens (including phenoxy) is 2. The van der Waals surface area contributed by atoms with Crippen LogP contribution >= 0.6 is 0 Å². The second-order valence-electron chi connectivity index (χ2n) is 4.97. The summed E-state index contributed by atoms with van der Waals surface area (Å²) in [5, 5.41) is 0. The van der Waals surface area contributed by atoms with Crippen molar-refractivity contribution in [3.63, 3.8) is 0 Å². The number of hydrogen-bond donors (Lipinski definition) is 0. The highest BCUT2D eigenvalue weighted by molar-refractivity contribution is 5.89. The van der Waals surface area contributed by atoms with Gasteiger partial charge in [-0.05, 0) is 26.8 Å². The summed E-state index contributed by atoms with van der Waals surface area (Å²) in [6.07, 6.45) is 3.65. The molecule has 5 heteroatoms. The van der Waals surface area contributed by atoms with E-state index in [2.05, 4.69) is 4.74 Å². The molecule has 1 rings (SSSR count). The molecule has 100 valence electrons. The van der Waals surface area contributed by atoms with Crippen molar-refractivity contribution in [2.45, 2.75) is 39.3 Å². The average molecular weight is 253 g/mol. The molecule has 0 saturated carbocycles. The van der Waals surface area contributed by atoms with Crippen LogP contribution in [0.25, 0.3) is 0 Å². The average Bonchev–Trinajstić information content (AvgIpc) is 2.71. The van der Waals surface area contributed by atoms with E-state index in [1.54, 1.807) is 23.0 Å². The molecular weight excluding hydrogens is 234 g/mol. The number of carbonyl (C=O) groups excluding carboxylic acids is 2. The normalized spacial score (nSPS) is 11.1. The number of methoxy groups -OCH3 is 1. The van der Waals surface area contributed by atoms with Gasteiger partial charge in [0, 0.05) is 18.9 Å². The zero-order valence-electron chi connectivity index (χ0n) is 11.2. The Bertz CT molecular complexity index is 428. The molecule has 0 unspecified atom stereocenters.